The fourth-order valence-corrected chi connectivity index (χ4v) is 3.59. The Morgan fingerprint density at radius 3 is 2.69 bits per heavy atom. The van der Waals surface area contributed by atoms with Gasteiger partial charge in [0.05, 0.1) is 12.6 Å². The van der Waals surface area contributed by atoms with Crippen LogP contribution in [0.2, 0.25) is 0 Å². The van der Waals surface area contributed by atoms with Crippen molar-refractivity contribution >= 4 is 17.3 Å². The van der Waals surface area contributed by atoms with Crippen LogP contribution in [-0.4, -0.2) is 41.3 Å². The number of aryl methyl sites for hydroxylation is 1. The minimum Gasteiger partial charge on any atom is -0.376 e. The highest BCUT2D eigenvalue weighted by Crippen LogP contribution is 2.23. The third-order valence-electron chi connectivity index (χ3n) is 5.30. The summed E-state index contributed by atoms with van der Waals surface area (Å²) in [6.45, 7) is 8.64. The lowest BCUT2D eigenvalue weighted by Gasteiger charge is -2.22. The van der Waals surface area contributed by atoms with Gasteiger partial charge in [-0.1, -0.05) is 0 Å². The highest BCUT2D eigenvalue weighted by molar-refractivity contribution is 6.04. The van der Waals surface area contributed by atoms with E-state index in [0.29, 0.717) is 12.3 Å². The molecule has 1 aromatic carbocycles. The van der Waals surface area contributed by atoms with Crippen molar-refractivity contribution in [2.45, 2.75) is 46.3 Å². The molecule has 8 nitrogen and oxygen atoms in total. The fourth-order valence-electron chi connectivity index (χ4n) is 3.59. The first-order chi connectivity index (χ1) is 13.9. The lowest BCUT2D eigenvalue weighted by molar-refractivity contribution is 0.0941. The zero-order chi connectivity index (χ0) is 21.0. The molecule has 2 heterocycles. The molecule has 1 amide bonds. The summed E-state index contributed by atoms with van der Waals surface area (Å²) in [5, 5.41) is 2.79. The first-order valence-electron chi connectivity index (χ1n) is 10.1. The number of ether oxygens (including phenoxy) is 1. The number of amides is 1. The van der Waals surface area contributed by atoms with Crippen molar-refractivity contribution in [1.82, 2.24) is 9.55 Å². The number of hydrogen-bond acceptors (Lipinski definition) is 5. The highest BCUT2D eigenvalue weighted by Gasteiger charge is 2.21. The molecule has 0 spiro atoms. The average molecular weight is 400 g/mol. The van der Waals surface area contributed by atoms with Crippen LogP contribution in [0.15, 0.2) is 34.0 Å². The molecule has 1 aromatic heterocycles. The van der Waals surface area contributed by atoms with Gasteiger partial charge in [0.25, 0.3) is 11.5 Å². The number of benzene rings is 1. The second kappa shape index (κ2) is 9.09. The zero-order valence-electron chi connectivity index (χ0n) is 17.2. The van der Waals surface area contributed by atoms with E-state index in [4.69, 9.17) is 4.74 Å². The maximum Gasteiger partial charge on any atom is 0.328 e. The first-order valence-corrected chi connectivity index (χ1v) is 10.1. The van der Waals surface area contributed by atoms with Crippen LogP contribution in [0.5, 0.6) is 0 Å². The summed E-state index contributed by atoms with van der Waals surface area (Å²) in [6, 6.07) is 5.78. The van der Waals surface area contributed by atoms with E-state index >= 15 is 0 Å². The van der Waals surface area contributed by atoms with E-state index in [-0.39, 0.29) is 18.2 Å². The predicted molar refractivity (Wildman–Crippen MR) is 113 cm³/mol. The lowest BCUT2D eigenvalue weighted by atomic mass is 10.1. The second-order valence-electron chi connectivity index (χ2n) is 7.18. The minimum atomic E-state index is -0.612. The number of aromatic amines is 1. The van der Waals surface area contributed by atoms with Crippen molar-refractivity contribution in [3.8, 4) is 0 Å². The number of hydrogen-bond donors (Lipinski definition) is 2. The number of carbonyl (C=O) groups excluding carboxylic acids is 1. The van der Waals surface area contributed by atoms with Crippen molar-refractivity contribution in [3.63, 3.8) is 0 Å². The van der Waals surface area contributed by atoms with Gasteiger partial charge >= 0.3 is 5.69 Å². The summed E-state index contributed by atoms with van der Waals surface area (Å²) in [5.74, 6) is -0.550. The van der Waals surface area contributed by atoms with E-state index in [0.717, 1.165) is 41.7 Å². The highest BCUT2D eigenvalue weighted by atomic mass is 16.5. The molecule has 2 aromatic rings. The van der Waals surface area contributed by atoms with Crippen molar-refractivity contribution in [2.24, 2.45) is 0 Å². The third kappa shape index (κ3) is 4.59. The summed E-state index contributed by atoms with van der Waals surface area (Å²) >= 11 is 0. The van der Waals surface area contributed by atoms with Crippen molar-refractivity contribution in [2.75, 3.05) is 29.9 Å². The Hall–Kier alpha value is -2.87. The second-order valence-corrected chi connectivity index (χ2v) is 7.18. The van der Waals surface area contributed by atoms with Crippen LogP contribution in [0.4, 0.5) is 11.4 Å². The maximum absolute atomic E-state index is 12.7. The van der Waals surface area contributed by atoms with Gasteiger partial charge in [0.2, 0.25) is 0 Å². The maximum atomic E-state index is 12.7. The van der Waals surface area contributed by atoms with E-state index in [1.54, 1.807) is 0 Å². The van der Waals surface area contributed by atoms with Gasteiger partial charge in [-0.3, -0.25) is 14.2 Å². The van der Waals surface area contributed by atoms with Gasteiger partial charge in [0.15, 0.2) is 0 Å². The monoisotopic (exact) mass is 400 g/mol. The number of anilines is 2. The summed E-state index contributed by atoms with van der Waals surface area (Å²) in [5.41, 5.74) is 1.35. The molecule has 1 aliphatic heterocycles. The first kappa shape index (κ1) is 20.9. The number of H-pyrrole nitrogens is 1. The van der Waals surface area contributed by atoms with Gasteiger partial charge in [0, 0.05) is 37.3 Å². The Bertz CT molecular complexity index is 985. The van der Waals surface area contributed by atoms with Gasteiger partial charge in [-0.25, -0.2) is 4.79 Å². The standard InChI is InChI=1S/C21H28N4O4/c1-4-24(5-2)15-8-9-18(14(3)11-15)23-19(26)17-12-22-21(28)25(20(17)27)13-16-7-6-10-29-16/h8-9,11-12,16H,4-7,10,13H2,1-3H3,(H,22,28)(H,23,26). The summed E-state index contributed by atoms with van der Waals surface area (Å²) < 4.78 is 6.55. The van der Waals surface area contributed by atoms with Crippen LogP contribution in [0, 0.1) is 6.92 Å². The number of carbonyl (C=O) groups is 1. The Morgan fingerprint density at radius 2 is 2.07 bits per heavy atom. The van der Waals surface area contributed by atoms with Crippen LogP contribution in [0.25, 0.3) is 0 Å². The Balaban J connectivity index is 1.82. The topological polar surface area (TPSA) is 96.4 Å². The number of nitrogens with one attached hydrogen (secondary N) is 2. The molecule has 0 radical (unpaired) electrons. The fraction of sp³-hybridized carbons (Fsp3) is 0.476. The van der Waals surface area contributed by atoms with E-state index < -0.39 is 17.2 Å². The molecular formula is C21H28N4O4. The Morgan fingerprint density at radius 1 is 1.31 bits per heavy atom. The zero-order valence-corrected chi connectivity index (χ0v) is 17.2. The molecule has 1 saturated heterocycles. The number of nitrogens with zero attached hydrogens (tertiary/aromatic N) is 2. The largest absolute Gasteiger partial charge is 0.376 e. The molecule has 1 unspecified atom stereocenters. The van der Waals surface area contributed by atoms with Crippen LogP contribution >= 0.6 is 0 Å². The molecular weight excluding hydrogens is 372 g/mol. The molecule has 0 bridgehead atoms. The Labute approximate surface area is 169 Å². The smallest absolute Gasteiger partial charge is 0.328 e. The van der Waals surface area contributed by atoms with Crippen LogP contribution in [-0.2, 0) is 11.3 Å². The van der Waals surface area contributed by atoms with Crippen LogP contribution < -0.4 is 21.5 Å². The summed E-state index contributed by atoms with van der Waals surface area (Å²) in [6.07, 6.45) is 2.69. The van der Waals surface area contributed by atoms with Gasteiger partial charge in [-0.15, -0.1) is 0 Å². The average Bonchev–Trinajstić information content (AvgIpc) is 3.21. The van der Waals surface area contributed by atoms with E-state index in [1.165, 1.54) is 6.20 Å². The lowest BCUT2D eigenvalue weighted by Crippen LogP contribution is -2.41. The molecule has 29 heavy (non-hydrogen) atoms. The third-order valence-corrected chi connectivity index (χ3v) is 5.30. The Kier molecular flexibility index (Phi) is 6.53. The molecule has 0 saturated carbocycles. The van der Waals surface area contributed by atoms with E-state index in [2.05, 4.69) is 29.0 Å². The van der Waals surface area contributed by atoms with Gasteiger partial charge in [-0.05, 0) is 57.4 Å². The van der Waals surface area contributed by atoms with Crippen molar-refractivity contribution in [1.29, 1.82) is 0 Å². The molecule has 2 N–H and O–H groups in total. The normalized spacial score (nSPS) is 16.0. The number of rotatable bonds is 7. The molecule has 0 aliphatic carbocycles. The molecule has 3 rings (SSSR count). The number of aromatic nitrogens is 2. The van der Waals surface area contributed by atoms with Gasteiger partial charge in [0.1, 0.15) is 5.56 Å². The minimum absolute atomic E-state index is 0.102. The molecule has 1 aliphatic rings. The summed E-state index contributed by atoms with van der Waals surface area (Å²) in [4.78, 5) is 42.3. The van der Waals surface area contributed by atoms with E-state index in [9.17, 15) is 14.4 Å². The molecule has 1 atom stereocenters. The van der Waals surface area contributed by atoms with Crippen molar-refractivity contribution < 1.29 is 9.53 Å². The van der Waals surface area contributed by atoms with Gasteiger partial charge in [-0.2, -0.15) is 0 Å². The van der Waals surface area contributed by atoms with E-state index in [1.807, 2.05) is 25.1 Å². The predicted octanol–water partition coefficient (Wildman–Crippen LogP) is 2.12. The van der Waals surface area contributed by atoms with Gasteiger partial charge < -0.3 is 19.9 Å². The molecule has 1 fully saturated rings. The van der Waals surface area contributed by atoms with Crippen molar-refractivity contribution in [3.05, 3.63) is 56.4 Å². The quantitative estimate of drug-likeness (QED) is 0.742. The van der Waals surface area contributed by atoms with Crippen LogP contribution in [0.3, 0.4) is 0 Å². The van der Waals surface area contributed by atoms with Crippen LogP contribution in [0.1, 0.15) is 42.6 Å². The molecule has 156 valence electrons. The molecule has 8 heteroatoms. The SMILES string of the molecule is CCN(CC)c1ccc(NC(=O)c2c[nH]c(=O)n(CC3CCCO3)c2=O)c(C)c1. The summed E-state index contributed by atoms with van der Waals surface area (Å²) in [7, 11) is 0.